The molecule has 0 radical (unpaired) electrons. The number of nitrogens with zero attached hydrogens (tertiary/aromatic N) is 1. The van der Waals surface area contributed by atoms with Gasteiger partial charge in [0.05, 0.1) is 21.1 Å². The third-order valence-electron chi connectivity index (χ3n) is 9.46. The molecule has 0 fully saturated rings. The molecule has 1 atom stereocenters. The average molecular weight is 714 g/mol. The highest BCUT2D eigenvalue weighted by molar-refractivity contribution is 5.83. The summed E-state index contributed by atoms with van der Waals surface area (Å²) >= 11 is 0. The van der Waals surface area contributed by atoms with Crippen molar-refractivity contribution in [3.05, 3.63) is 48.6 Å². The first-order chi connectivity index (χ1) is 24.5. The lowest BCUT2D eigenvalue weighted by Crippen LogP contribution is -2.77. The van der Waals surface area contributed by atoms with Gasteiger partial charge in [-0.1, -0.05) is 134 Å². The van der Waals surface area contributed by atoms with Crippen molar-refractivity contribution in [2.45, 2.75) is 193 Å². The Morgan fingerprint density at radius 2 is 0.863 bits per heavy atom. The van der Waals surface area contributed by atoms with Gasteiger partial charge in [-0.25, -0.2) is 0 Å². The lowest BCUT2D eigenvalue weighted by atomic mass is 9.93. The van der Waals surface area contributed by atoms with Crippen molar-refractivity contribution in [3.63, 3.8) is 0 Å². The third kappa shape index (κ3) is 26.7. The Balaban J connectivity index is 4.64. The highest BCUT2D eigenvalue weighted by atomic mass is 16.4. The van der Waals surface area contributed by atoms with Crippen LogP contribution in [0.15, 0.2) is 48.6 Å². The van der Waals surface area contributed by atoms with Crippen LogP contribution in [0.3, 0.4) is 0 Å². The minimum atomic E-state index is -1.43. The number of quaternary nitrogens is 1. The molecule has 0 aromatic rings. The van der Waals surface area contributed by atoms with Crippen LogP contribution in [0.4, 0.5) is 0 Å². The number of allylic oxidation sites excluding steroid dienone is 8. The molecule has 7 heteroatoms. The number of nitrogens with one attached hydrogen (secondary N) is 2. The lowest BCUT2D eigenvalue weighted by Gasteiger charge is -2.47. The molecule has 2 amide bonds. The van der Waals surface area contributed by atoms with E-state index in [4.69, 9.17) is 0 Å². The summed E-state index contributed by atoms with van der Waals surface area (Å²) in [7, 11) is 5.26. The maximum Gasteiger partial charge on any atom is 0.221 e. The second-order valence-electron chi connectivity index (χ2n) is 15.2. The maximum atomic E-state index is 13.2. The summed E-state index contributed by atoms with van der Waals surface area (Å²) < 4.78 is 0.00409. The molecule has 0 saturated carbocycles. The van der Waals surface area contributed by atoms with Gasteiger partial charge in [-0.3, -0.25) is 9.59 Å². The van der Waals surface area contributed by atoms with Crippen molar-refractivity contribution in [3.8, 4) is 0 Å². The summed E-state index contributed by atoms with van der Waals surface area (Å²) in [6.07, 6.45) is 43.1. The molecule has 294 valence electrons. The van der Waals surface area contributed by atoms with Crippen molar-refractivity contribution in [1.29, 1.82) is 0 Å². The van der Waals surface area contributed by atoms with E-state index in [9.17, 15) is 19.5 Å². The Bertz CT molecular complexity index is 948. The number of carbonyl (C=O) groups is 3. The van der Waals surface area contributed by atoms with Crippen LogP contribution in [0, 0.1) is 0 Å². The molecule has 0 spiro atoms. The van der Waals surface area contributed by atoms with Gasteiger partial charge in [-0.2, -0.15) is 0 Å². The fourth-order valence-electron chi connectivity index (χ4n) is 6.53. The van der Waals surface area contributed by atoms with Crippen LogP contribution in [0.2, 0.25) is 0 Å². The van der Waals surface area contributed by atoms with Gasteiger partial charge in [0.15, 0.2) is 11.7 Å². The number of rotatable bonds is 34. The standard InChI is InChI=1S/C44H79N3O4/c1-7-10-12-14-16-18-20-22-24-26-28-30-32-34-36-38-40(48)45-44(9-3,42(43(50)51)47(4,5)6)46-41(49)39-37-35-33-31-29-27-25-23-21-19-17-15-13-11-8-2/h16-19,22-25,42H,7-15,20-21,26-39H2,1-6H3,(H2-,45,46,48,49,50,51)/b18-16-,19-17-,24-22-,25-23-. The van der Waals surface area contributed by atoms with Gasteiger partial charge in [0, 0.05) is 12.8 Å². The smallest absolute Gasteiger partial charge is 0.221 e. The van der Waals surface area contributed by atoms with Gasteiger partial charge in [-0.15, -0.1) is 0 Å². The summed E-state index contributed by atoms with van der Waals surface area (Å²) in [6.45, 7) is 6.27. The number of amides is 2. The summed E-state index contributed by atoms with van der Waals surface area (Å²) in [5, 5.41) is 18.4. The second kappa shape index (κ2) is 32.0. The summed E-state index contributed by atoms with van der Waals surface area (Å²) in [5.74, 6) is -1.77. The van der Waals surface area contributed by atoms with Crippen LogP contribution >= 0.6 is 0 Å². The number of unbranched alkanes of at least 4 members (excludes halogenated alkanes) is 16. The molecule has 0 aliphatic heterocycles. The quantitative estimate of drug-likeness (QED) is 0.0300. The van der Waals surface area contributed by atoms with Crippen LogP contribution in [0.5, 0.6) is 0 Å². The Kier molecular flexibility index (Phi) is 30.3. The highest BCUT2D eigenvalue weighted by Crippen LogP contribution is 2.22. The first-order valence-corrected chi connectivity index (χ1v) is 20.8. The summed E-state index contributed by atoms with van der Waals surface area (Å²) in [4.78, 5) is 38.9. The normalized spacial score (nSPS) is 13.2. The van der Waals surface area contributed by atoms with E-state index in [1.165, 1.54) is 51.4 Å². The predicted molar refractivity (Wildman–Crippen MR) is 215 cm³/mol. The van der Waals surface area contributed by atoms with Crippen molar-refractivity contribution >= 4 is 17.8 Å². The molecule has 0 bridgehead atoms. The van der Waals surface area contributed by atoms with Crippen molar-refractivity contribution < 1.29 is 24.0 Å². The zero-order chi connectivity index (χ0) is 38.1. The van der Waals surface area contributed by atoms with E-state index >= 15 is 0 Å². The van der Waals surface area contributed by atoms with Crippen LogP contribution in [-0.2, 0) is 14.4 Å². The minimum Gasteiger partial charge on any atom is -0.544 e. The van der Waals surface area contributed by atoms with E-state index in [1.807, 2.05) is 6.92 Å². The zero-order valence-electron chi connectivity index (χ0n) is 34.0. The highest BCUT2D eigenvalue weighted by Gasteiger charge is 2.48. The molecule has 0 heterocycles. The first kappa shape index (κ1) is 48.3. The van der Waals surface area contributed by atoms with Crippen LogP contribution in [0.25, 0.3) is 0 Å². The van der Waals surface area contributed by atoms with Gasteiger partial charge in [0.1, 0.15) is 5.97 Å². The van der Waals surface area contributed by atoms with Crippen molar-refractivity contribution in [2.24, 2.45) is 0 Å². The molecule has 0 rings (SSSR count). The van der Waals surface area contributed by atoms with Gasteiger partial charge in [0.25, 0.3) is 0 Å². The molecular formula is C44H79N3O4. The largest absolute Gasteiger partial charge is 0.544 e. The van der Waals surface area contributed by atoms with E-state index in [2.05, 4.69) is 73.1 Å². The third-order valence-corrected chi connectivity index (χ3v) is 9.46. The minimum absolute atomic E-state index is 0.00409. The Labute approximate surface area is 314 Å². The maximum absolute atomic E-state index is 13.2. The molecule has 0 aromatic heterocycles. The SMILES string of the molecule is CCCCC/C=C\C/C=C\CCCCCCCC(=O)NC(CC)(NC(=O)CCCCCCC/C=C\C/C=C\CCCCC)C(C(=O)[O-])[N+](C)(C)C. The second-order valence-corrected chi connectivity index (χ2v) is 15.2. The molecule has 1 unspecified atom stereocenters. The molecule has 2 N–H and O–H groups in total. The Morgan fingerprint density at radius 3 is 1.18 bits per heavy atom. The van der Waals surface area contributed by atoms with Crippen LogP contribution < -0.4 is 15.7 Å². The molecule has 0 saturated heterocycles. The molecule has 7 nitrogen and oxygen atoms in total. The van der Waals surface area contributed by atoms with E-state index in [1.54, 1.807) is 21.1 Å². The molecule has 0 aliphatic carbocycles. The summed E-state index contributed by atoms with van der Waals surface area (Å²) in [5.41, 5.74) is -1.43. The fourth-order valence-corrected chi connectivity index (χ4v) is 6.53. The Morgan fingerprint density at radius 1 is 0.529 bits per heavy atom. The van der Waals surface area contributed by atoms with Gasteiger partial charge < -0.3 is 25.0 Å². The Hall–Kier alpha value is -2.67. The van der Waals surface area contributed by atoms with Gasteiger partial charge >= 0.3 is 0 Å². The predicted octanol–water partition coefficient (Wildman–Crippen LogP) is 9.78. The van der Waals surface area contributed by atoms with E-state index < -0.39 is 17.7 Å². The van der Waals surface area contributed by atoms with E-state index in [-0.39, 0.29) is 22.7 Å². The van der Waals surface area contributed by atoms with E-state index in [0.717, 1.165) is 89.9 Å². The first-order valence-electron chi connectivity index (χ1n) is 20.8. The molecule has 0 aromatic carbocycles. The molecular weight excluding hydrogens is 635 g/mol. The number of carbonyl (C=O) groups excluding carboxylic acids is 3. The summed E-state index contributed by atoms with van der Waals surface area (Å²) in [6, 6.07) is -1.15. The number of carboxylic acids is 1. The monoisotopic (exact) mass is 714 g/mol. The van der Waals surface area contributed by atoms with Crippen molar-refractivity contribution in [1.82, 2.24) is 10.6 Å². The molecule has 51 heavy (non-hydrogen) atoms. The topological polar surface area (TPSA) is 98.3 Å². The van der Waals surface area contributed by atoms with Gasteiger partial charge in [0.2, 0.25) is 11.8 Å². The zero-order valence-corrected chi connectivity index (χ0v) is 34.0. The van der Waals surface area contributed by atoms with Crippen LogP contribution in [-0.4, -0.2) is 55.1 Å². The number of aliphatic carboxylic acids is 1. The number of carboxylic acid groups (broad SMARTS) is 1. The van der Waals surface area contributed by atoms with E-state index in [0.29, 0.717) is 12.8 Å². The lowest BCUT2D eigenvalue weighted by molar-refractivity contribution is -0.894. The molecule has 0 aliphatic rings. The number of hydrogen-bond donors (Lipinski definition) is 2. The average Bonchev–Trinajstić information content (AvgIpc) is 3.07. The van der Waals surface area contributed by atoms with Crippen LogP contribution in [0.1, 0.15) is 181 Å². The number of hydrogen-bond acceptors (Lipinski definition) is 4. The fraction of sp³-hybridized carbons (Fsp3) is 0.750. The van der Waals surface area contributed by atoms with Gasteiger partial charge in [-0.05, 0) is 83.5 Å². The van der Waals surface area contributed by atoms with Crippen molar-refractivity contribution in [2.75, 3.05) is 21.1 Å². The number of likely N-dealkylation sites (N-methyl/N-ethyl adjacent to an activating group) is 1.